The Hall–Kier alpha value is -2.70. The van der Waals surface area contributed by atoms with Crippen LogP contribution in [0.2, 0.25) is 0 Å². The predicted molar refractivity (Wildman–Crippen MR) is 92.6 cm³/mol. The second-order valence-corrected chi connectivity index (χ2v) is 6.77. The third kappa shape index (κ3) is 3.47. The molecule has 7 heteroatoms. The molecule has 4 rings (SSSR count). The first-order valence-electron chi connectivity index (χ1n) is 8.97. The van der Waals surface area contributed by atoms with Crippen molar-refractivity contribution >= 4 is 5.91 Å². The molecule has 0 spiro atoms. The summed E-state index contributed by atoms with van der Waals surface area (Å²) in [6.07, 6.45) is 8.26. The van der Waals surface area contributed by atoms with E-state index in [1.807, 2.05) is 4.90 Å². The highest BCUT2D eigenvalue weighted by molar-refractivity contribution is 5.78. The molecule has 136 valence electrons. The molecule has 1 saturated carbocycles. The zero-order valence-corrected chi connectivity index (χ0v) is 14.4. The van der Waals surface area contributed by atoms with Crippen LogP contribution in [0.25, 0.3) is 11.5 Å². The maximum Gasteiger partial charge on any atom is 0.437 e. The van der Waals surface area contributed by atoms with Crippen LogP contribution in [0, 0.1) is 5.82 Å². The SMILES string of the molecule is O=C(Cn1nc(-c2ccc(F)cc2)oc1=O)N(C1=CCCCC1)C1CC1. The summed E-state index contributed by atoms with van der Waals surface area (Å²) >= 11 is 0. The van der Waals surface area contributed by atoms with Gasteiger partial charge in [0, 0.05) is 17.3 Å². The zero-order chi connectivity index (χ0) is 18.1. The first-order valence-corrected chi connectivity index (χ1v) is 8.97. The minimum atomic E-state index is -0.689. The molecule has 0 unspecified atom stereocenters. The molecule has 0 bridgehead atoms. The molecule has 0 saturated heterocycles. The molecule has 0 aliphatic heterocycles. The van der Waals surface area contributed by atoms with Crippen molar-refractivity contribution in [3.63, 3.8) is 0 Å². The van der Waals surface area contributed by atoms with E-state index in [1.54, 1.807) is 0 Å². The Labute approximate surface area is 149 Å². The molecule has 1 heterocycles. The maximum absolute atomic E-state index is 13.0. The van der Waals surface area contributed by atoms with E-state index in [0.29, 0.717) is 5.56 Å². The number of amides is 1. The summed E-state index contributed by atoms with van der Waals surface area (Å²) in [6, 6.07) is 5.74. The van der Waals surface area contributed by atoms with E-state index in [0.717, 1.165) is 48.9 Å². The highest BCUT2D eigenvalue weighted by atomic mass is 19.1. The average molecular weight is 357 g/mol. The van der Waals surface area contributed by atoms with E-state index in [1.165, 1.54) is 24.3 Å². The molecule has 1 amide bonds. The van der Waals surface area contributed by atoms with Gasteiger partial charge in [-0.15, -0.1) is 5.10 Å². The van der Waals surface area contributed by atoms with E-state index in [4.69, 9.17) is 4.42 Å². The minimum Gasteiger partial charge on any atom is -0.388 e. The maximum atomic E-state index is 13.0. The number of aromatic nitrogens is 2. The van der Waals surface area contributed by atoms with E-state index < -0.39 is 5.76 Å². The zero-order valence-electron chi connectivity index (χ0n) is 14.4. The highest BCUT2D eigenvalue weighted by Gasteiger charge is 2.35. The Morgan fingerprint density at radius 1 is 1.27 bits per heavy atom. The van der Waals surface area contributed by atoms with Gasteiger partial charge in [-0.05, 0) is 62.8 Å². The largest absolute Gasteiger partial charge is 0.437 e. The number of carbonyl (C=O) groups is 1. The molecule has 0 radical (unpaired) electrons. The molecular formula is C19H20FN3O3. The second kappa shape index (κ2) is 6.90. The van der Waals surface area contributed by atoms with Crippen LogP contribution in [0.5, 0.6) is 0 Å². The lowest BCUT2D eigenvalue weighted by Gasteiger charge is -2.27. The van der Waals surface area contributed by atoms with Crippen LogP contribution in [-0.2, 0) is 11.3 Å². The van der Waals surface area contributed by atoms with Crippen molar-refractivity contribution in [1.82, 2.24) is 14.7 Å². The van der Waals surface area contributed by atoms with Crippen molar-refractivity contribution in [2.75, 3.05) is 0 Å². The molecule has 1 aromatic heterocycles. The summed E-state index contributed by atoms with van der Waals surface area (Å²) in [4.78, 5) is 26.7. The third-order valence-electron chi connectivity index (χ3n) is 4.74. The lowest BCUT2D eigenvalue weighted by atomic mass is 10.0. The van der Waals surface area contributed by atoms with Gasteiger partial charge in [-0.25, -0.2) is 9.18 Å². The fraction of sp³-hybridized carbons (Fsp3) is 0.421. The molecule has 6 nitrogen and oxygen atoms in total. The van der Waals surface area contributed by atoms with Crippen LogP contribution in [0.4, 0.5) is 4.39 Å². The summed E-state index contributed by atoms with van der Waals surface area (Å²) in [5, 5.41) is 4.11. The van der Waals surface area contributed by atoms with Crippen molar-refractivity contribution in [3.05, 3.63) is 52.4 Å². The standard InChI is InChI=1S/C19H20FN3O3/c20-14-8-6-13(7-9-14)18-21-22(19(25)26-18)12-17(24)23(16-10-11-16)15-4-2-1-3-5-15/h4,6-9,16H,1-3,5,10-12H2. The van der Waals surface area contributed by atoms with Crippen LogP contribution < -0.4 is 5.76 Å². The summed E-state index contributed by atoms with van der Waals surface area (Å²) in [6.45, 7) is -0.155. The van der Waals surface area contributed by atoms with E-state index in [2.05, 4.69) is 11.2 Å². The minimum absolute atomic E-state index is 0.0812. The topological polar surface area (TPSA) is 68.3 Å². The molecular weight excluding hydrogens is 337 g/mol. The normalized spacial score (nSPS) is 17.0. The molecule has 2 aliphatic carbocycles. The highest BCUT2D eigenvalue weighted by Crippen LogP contribution is 2.33. The predicted octanol–water partition coefficient (Wildman–Crippen LogP) is 3.09. The fourth-order valence-corrected chi connectivity index (χ4v) is 3.29. The number of carbonyl (C=O) groups excluding carboxylic acids is 1. The van der Waals surface area contributed by atoms with E-state index in [9.17, 15) is 14.0 Å². The lowest BCUT2D eigenvalue weighted by Crippen LogP contribution is -2.37. The molecule has 2 aliphatic rings. The summed E-state index contributed by atoms with van der Waals surface area (Å²) in [5.74, 6) is -1.13. The summed E-state index contributed by atoms with van der Waals surface area (Å²) in [5.41, 5.74) is 1.56. The number of rotatable bonds is 5. The van der Waals surface area contributed by atoms with Crippen molar-refractivity contribution in [3.8, 4) is 11.5 Å². The smallest absolute Gasteiger partial charge is 0.388 e. The van der Waals surface area contributed by atoms with Crippen molar-refractivity contribution in [2.24, 2.45) is 0 Å². The Morgan fingerprint density at radius 3 is 2.69 bits per heavy atom. The summed E-state index contributed by atoms with van der Waals surface area (Å²) < 4.78 is 19.2. The van der Waals surface area contributed by atoms with Gasteiger partial charge in [-0.2, -0.15) is 4.68 Å². The Balaban J connectivity index is 1.54. The number of hydrogen-bond donors (Lipinski definition) is 0. The Bertz CT molecular complexity index is 893. The molecule has 1 aromatic carbocycles. The van der Waals surface area contributed by atoms with Gasteiger partial charge in [0.25, 0.3) is 0 Å². The van der Waals surface area contributed by atoms with Gasteiger partial charge < -0.3 is 9.32 Å². The quantitative estimate of drug-likeness (QED) is 0.825. The first kappa shape index (κ1) is 16.8. The molecule has 0 N–H and O–H groups in total. The monoisotopic (exact) mass is 357 g/mol. The van der Waals surface area contributed by atoms with Crippen LogP contribution >= 0.6 is 0 Å². The number of benzene rings is 1. The van der Waals surface area contributed by atoms with Gasteiger partial charge in [0.15, 0.2) is 0 Å². The van der Waals surface area contributed by atoms with Gasteiger partial charge in [-0.3, -0.25) is 4.79 Å². The van der Waals surface area contributed by atoms with Crippen LogP contribution in [0.15, 0.2) is 45.3 Å². The summed E-state index contributed by atoms with van der Waals surface area (Å²) in [7, 11) is 0. The van der Waals surface area contributed by atoms with Crippen LogP contribution in [0.1, 0.15) is 38.5 Å². The average Bonchev–Trinajstić information content (AvgIpc) is 3.40. The number of hydrogen-bond acceptors (Lipinski definition) is 4. The number of halogens is 1. The Morgan fingerprint density at radius 2 is 2.04 bits per heavy atom. The van der Waals surface area contributed by atoms with Crippen molar-refractivity contribution in [2.45, 2.75) is 51.1 Å². The van der Waals surface area contributed by atoms with Gasteiger partial charge >= 0.3 is 5.76 Å². The van der Waals surface area contributed by atoms with Crippen molar-refractivity contribution < 1.29 is 13.6 Å². The van der Waals surface area contributed by atoms with Crippen LogP contribution in [-0.4, -0.2) is 26.6 Å². The Kier molecular flexibility index (Phi) is 4.44. The van der Waals surface area contributed by atoms with Crippen LogP contribution in [0.3, 0.4) is 0 Å². The second-order valence-electron chi connectivity index (χ2n) is 6.77. The molecule has 26 heavy (non-hydrogen) atoms. The molecule has 2 aromatic rings. The number of nitrogens with zero attached hydrogens (tertiary/aromatic N) is 3. The first-order chi connectivity index (χ1) is 12.6. The van der Waals surface area contributed by atoms with Gasteiger partial charge in [0.1, 0.15) is 12.4 Å². The molecule has 1 fully saturated rings. The number of allylic oxidation sites excluding steroid dienone is 2. The van der Waals surface area contributed by atoms with Gasteiger partial charge in [0.05, 0.1) is 0 Å². The molecule has 0 atom stereocenters. The van der Waals surface area contributed by atoms with Gasteiger partial charge in [-0.1, -0.05) is 6.08 Å². The van der Waals surface area contributed by atoms with E-state index >= 15 is 0 Å². The fourth-order valence-electron chi connectivity index (χ4n) is 3.29. The van der Waals surface area contributed by atoms with E-state index in [-0.39, 0.29) is 30.2 Å². The van der Waals surface area contributed by atoms with Gasteiger partial charge in [0.2, 0.25) is 11.8 Å². The van der Waals surface area contributed by atoms with Crippen molar-refractivity contribution in [1.29, 1.82) is 0 Å². The third-order valence-corrected chi connectivity index (χ3v) is 4.74. The lowest BCUT2D eigenvalue weighted by molar-refractivity contribution is -0.130.